The predicted octanol–water partition coefficient (Wildman–Crippen LogP) is 1.91. The van der Waals surface area contributed by atoms with E-state index in [2.05, 4.69) is 10.3 Å². The molecule has 2 rings (SSSR count). The van der Waals surface area contributed by atoms with E-state index < -0.39 is 6.10 Å². The molecule has 0 fully saturated rings. The maximum atomic E-state index is 10.0. The number of hydrogen-bond donors (Lipinski definition) is 4. The monoisotopic (exact) mass is 362 g/mol. The van der Waals surface area contributed by atoms with Crippen LogP contribution in [0.25, 0.3) is 0 Å². The molecule has 0 aliphatic rings. The Labute approximate surface area is 153 Å². The number of aromatic hydroxyl groups is 2. The molecule has 0 amide bonds. The number of aromatic nitrogens is 1. The summed E-state index contributed by atoms with van der Waals surface area (Å²) in [5.74, 6) is 0.196. The maximum Gasteiger partial charge on any atom is 0.204 e. The van der Waals surface area contributed by atoms with Crippen LogP contribution < -0.4 is 14.8 Å². The molecule has 0 radical (unpaired) electrons. The van der Waals surface area contributed by atoms with E-state index in [1.165, 1.54) is 0 Å². The van der Waals surface area contributed by atoms with E-state index in [1.807, 2.05) is 37.3 Å². The van der Waals surface area contributed by atoms with Gasteiger partial charge in [-0.1, -0.05) is 18.2 Å². The quantitative estimate of drug-likeness (QED) is 0.540. The third-order valence-corrected chi connectivity index (χ3v) is 3.76. The molecule has 0 saturated heterocycles. The first-order chi connectivity index (χ1) is 12.4. The molecule has 1 heterocycles. The highest BCUT2D eigenvalue weighted by molar-refractivity contribution is 5.53. The van der Waals surface area contributed by atoms with E-state index in [4.69, 9.17) is 9.47 Å². The molecular formula is C19H26N2O5. The number of nitrogens with zero attached hydrogens (tertiary/aromatic N) is 1. The number of pyridine rings is 1. The molecule has 26 heavy (non-hydrogen) atoms. The number of nitrogens with one attached hydrogen (secondary N) is 1. The zero-order valence-corrected chi connectivity index (χ0v) is 15.3. The molecule has 1 aromatic heterocycles. The van der Waals surface area contributed by atoms with E-state index in [1.54, 1.807) is 13.8 Å². The van der Waals surface area contributed by atoms with Crippen molar-refractivity contribution < 1.29 is 24.8 Å². The Hall–Kier alpha value is -2.51. The first-order valence-corrected chi connectivity index (χ1v) is 8.51. The van der Waals surface area contributed by atoms with E-state index in [-0.39, 0.29) is 30.0 Å². The maximum absolute atomic E-state index is 10.0. The number of ether oxygens (including phenoxy) is 2. The lowest BCUT2D eigenvalue weighted by molar-refractivity contribution is 0.100. The summed E-state index contributed by atoms with van der Waals surface area (Å²) in [7, 11) is 0. The van der Waals surface area contributed by atoms with Gasteiger partial charge in [-0.05, 0) is 32.9 Å². The van der Waals surface area contributed by atoms with Crippen molar-refractivity contribution in [3.8, 4) is 23.0 Å². The van der Waals surface area contributed by atoms with Crippen LogP contribution in [0.2, 0.25) is 0 Å². The van der Waals surface area contributed by atoms with Crippen LogP contribution in [0.3, 0.4) is 0 Å². The first-order valence-electron chi connectivity index (χ1n) is 8.51. The van der Waals surface area contributed by atoms with Crippen LogP contribution in [-0.2, 0) is 0 Å². The van der Waals surface area contributed by atoms with Gasteiger partial charge >= 0.3 is 0 Å². The van der Waals surface area contributed by atoms with Crippen molar-refractivity contribution >= 4 is 0 Å². The highest BCUT2D eigenvalue weighted by Crippen LogP contribution is 2.38. The summed E-state index contributed by atoms with van der Waals surface area (Å²) >= 11 is 0. The average Bonchev–Trinajstić information content (AvgIpc) is 2.60. The van der Waals surface area contributed by atoms with Gasteiger partial charge in [-0.25, -0.2) is 0 Å². The number of para-hydroxylation sites is 1. The fraction of sp³-hybridized carbons (Fsp3) is 0.421. The lowest BCUT2D eigenvalue weighted by Gasteiger charge is -2.18. The lowest BCUT2D eigenvalue weighted by atomic mass is 10.2. The molecule has 0 aliphatic carbocycles. The van der Waals surface area contributed by atoms with E-state index in [9.17, 15) is 15.3 Å². The second-order valence-electron chi connectivity index (χ2n) is 6.17. The second-order valence-corrected chi connectivity index (χ2v) is 6.17. The highest BCUT2D eigenvalue weighted by atomic mass is 16.5. The summed E-state index contributed by atoms with van der Waals surface area (Å²) in [5.41, 5.74) is 0.768. The normalized spacial score (nSPS) is 13.2. The topological polar surface area (TPSA) is 104 Å². The van der Waals surface area contributed by atoms with Crippen LogP contribution in [0.4, 0.5) is 0 Å². The molecule has 1 aromatic carbocycles. The number of aliphatic hydroxyl groups is 1. The van der Waals surface area contributed by atoms with Gasteiger partial charge in [-0.15, -0.1) is 0 Å². The number of hydrogen-bond acceptors (Lipinski definition) is 7. The molecule has 0 bridgehead atoms. The predicted molar refractivity (Wildman–Crippen MR) is 97.9 cm³/mol. The summed E-state index contributed by atoms with van der Waals surface area (Å²) < 4.78 is 11.2. The van der Waals surface area contributed by atoms with Gasteiger partial charge in [0.15, 0.2) is 11.5 Å². The van der Waals surface area contributed by atoms with Gasteiger partial charge in [0.25, 0.3) is 0 Å². The fourth-order valence-corrected chi connectivity index (χ4v) is 2.44. The molecule has 0 aliphatic heterocycles. The van der Waals surface area contributed by atoms with E-state index >= 15 is 0 Å². The Kier molecular flexibility index (Phi) is 7.06. The summed E-state index contributed by atoms with van der Waals surface area (Å²) in [6.07, 6.45) is -0.851. The van der Waals surface area contributed by atoms with Crippen molar-refractivity contribution in [1.82, 2.24) is 10.3 Å². The number of rotatable bonds is 9. The van der Waals surface area contributed by atoms with Gasteiger partial charge in [0.2, 0.25) is 5.75 Å². The van der Waals surface area contributed by atoms with Gasteiger partial charge in [-0.2, -0.15) is 0 Å². The van der Waals surface area contributed by atoms with E-state index in [0.717, 1.165) is 5.75 Å². The molecule has 0 spiro atoms. The fourth-order valence-electron chi connectivity index (χ4n) is 2.44. The lowest BCUT2D eigenvalue weighted by Crippen LogP contribution is -2.36. The third kappa shape index (κ3) is 5.50. The van der Waals surface area contributed by atoms with Crippen molar-refractivity contribution in [3.63, 3.8) is 0 Å². The van der Waals surface area contributed by atoms with Crippen LogP contribution in [0.15, 0.2) is 30.3 Å². The smallest absolute Gasteiger partial charge is 0.204 e. The third-order valence-electron chi connectivity index (χ3n) is 3.76. The number of aliphatic hydroxyl groups excluding tert-OH is 1. The Bertz CT molecular complexity index is 709. The standard InChI is InChI=1S/C19H26N2O5/c1-12(26-16-7-5-4-6-8-16)9-20-10-15(22)11-25-19-14(3)21-13(2)17(23)18(19)24/h4-8,12,15,20,22-23H,9-11H2,1-3H3,(H,21,24). The van der Waals surface area contributed by atoms with Gasteiger partial charge in [-0.3, -0.25) is 4.98 Å². The number of benzene rings is 1. The molecule has 7 heteroatoms. The molecule has 2 atom stereocenters. The highest BCUT2D eigenvalue weighted by Gasteiger charge is 2.17. The Balaban J connectivity index is 1.74. The van der Waals surface area contributed by atoms with Crippen LogP contribution in [-0.4, -0.2) is 52.2 Å². The van der Waals surface area contributed by atoms with Crippen molar-refractivity contribution in [2.75, 3.05) is 19.7 Å². The Morgan fingerprint density at radius 2 is 1.73 bits per heavy atom. The largest absolute Gasteiger partial charge is 0.503 e. The van der Waals surface area contributed by atoms with Gasteiger partial charge in [0.05, 0.1) is 11.4 Å². The minimum atomic E-state index is -0.791. The van der Waals surface area contributed by atoms with Crippen LogP contribution in [0.1, 0.15) is 18.3 Å². The molecule has 142 valence electrons. The second kappa shape index (κ2) is 9.26. The van der Waals surface area contributed by atoms with Crippen molar-refractivity contribution in [1.29, 1.82) is 0 Å². The van der Waals surface area contributed by atoms with Crippen molar-refractivity contribution in [2.24, 2.45) is 0 Å². The minimum Gasteiger partial charge on any atom is -0.503 e. The first kappa shape index (κ1) is 19.8. The van der Waals surface area contributed by atoms with Gasteiger partial charge in [0, 0.05) is 13.1 Å². The summed E-state index contributed by atoms with van der Waals surface area (Å²) in [5, 5.41) is 32.8. The molecular weight excluding hydrogens is 336 g/mol. The van der Waals surface area contributed by atoms with E-state index in [0.29, 0.717) is 24.5 Å². The molecule has 7 nitrogen and oxygen atoms in total. The zero-order chi connectivity index (χ0) is 19.1. The SMILES string of the molecule is Cc1nc(C)c(OCC(O)CNCC(C)Oc2ccccc2)c(O)c1O. The summed E-state index contributed by atoms with van der Waals surface area (Å²) in [6.45, 7) is 6.00. The molecule has 0 saturated carbocycles. The van der Waals surface area contributed by atoms with Crippen molar-refractivity contribution in [2.45, 2.75) is 33.0 Å². The van der Waals surface area contributed by atoms with Crippen LogP contribution in [0.5, 0.6) is 23.0 Å². The molecule has 2 unspecified atom stereocenters. The molecule has 4 N–H and O–H groups in total. The Morgan fingerprint density at radius 3 is 2.42 bits per heavy atom. The molecule has 2 aromatic rings. The van der Waals surface area contributed by atoms with Crippen molar-refractivity contribution in [3.05, 3.63) is 41.7 Å². The van der Waals surface area contributed by atoms with Crippen LogP contribution >= 0.6 is 0 Å². The van der Waals surface area contributed by atoms with Crippen LogP contribution in [0, 0.1) is 13.8 Å². The Morgan fingerprint density at radius 1 is 1.04 bits per heavy atom. The summed E-state index contributed by atoms with van der Waals surface area (Å²) in [4.78, 5) is 4.09. The zero-order valence-electron chi connectivity index (χ0n) is 15.3. The average molecular weight is 362 g/mol. The number of aryl methyl sites for hydroxylation is 2. The van der Waals surface area contributed by atoms with Gasteiger partial charge in [0.1, 0.15) is 24.6 Å². The minimum absolute atomic E-state index is 0.0422. The van der Waals surface area contributed by atoms with Gasteiger partial charge < -0.3 is 30.1 Å². The summed E-state index contributed by atoms with van der Waals surface area (Å²) in [6, 6.07) is 9.52.